The van der Waals surface area contributed by atoms with Crippen LogP contribution in [0, 0.1) is 5.92 Å². The number of hydrogen-bond acceptors (Lipinski definition) is 3. The molecule has 1 heterocycles. The molecule has 0 spiro atoms. The first kappa shape index (κ1) is 17.8. The Hall–Kier alpha value is -1.55. The van der Waals surface area contributed by atoms with Crippen LogP contribution in [0.5, 0.6) is 5.75 Å². The van der Waals surface area contributed by atoms with E-state index in [-0.39, 0.29) is 0 Å². The lowest BCUT2D eigenvalue weighted by molar-refractivity contribution is -0.136. The third kappa shape index (κ3) is 5.24. The molecule has 1 aromatic rings. The highest BCUT2D eigenvalue weighted by Crippen LogP contribution is 2.21. The molecule has 1 aromatic carbocycles. The fraction of sp³-hybridized carbons (Fsp3) is 0.632. The SMILES string of the molecule is CCOc1cccc(CN(C)CC2CCC(=O)N(C(C)C)C2)c1. The molecule has 2 rings (SSSR count). The maximum Gasteiger partial charge on any atom is 0.222 e. The fourth-order valence-electron chi connectivity index (χ4n) is 3.31. The Kier molecular flexibility index (Phi) is 6.46. The van der Waals surface area contributed by atoms with E-state index in [0.717, 1.165) is 31.8 Å². The molecule has 128 valence electrons. The van der Waals surface area contributed by atoms with Crippen molar-refractivity contribution in [1.29, 1.82) is 0 Å². The summed E-state index contributed by atoms with van der Waals surface area (Å²) >= 11 is 0. The lowest BCUT2D eigenvalue weighted by atomic mass is 9.96. The second-order valence-corrected chi connectivity index (χ2v) is 6.82. The van der Waals surface area contributed by atoms with Gasteiger partial charge in [-0.25, -0.2) is 0 Å². The van der Waals surface area contributed by atoms with Crippen molar-refractivity contribution in [2.75, 3.05) is 26.7 Å². The second kappa shape index (κ2) is 8.34. The summed E-state index contributed by atoms with van der Waals surface area (Å²) in [7, 11) is 2.16. The summed E-state index contributed by atoms with van der Waals surface area (Å²) in [5.41, 5.74) is 1.27. The first-order valence-corrected chi connectivity index (χ1v) is 8.69. The molecule has 0 aliphatic carbocycles. The molecule has 0 bridgehead atoms. The van der Waals surface area contributed by atoms with Crippen molar-refractivity contribution in [2.24, 2.45) is 5.92 Å². The van der Waals surface area contributed by atoms with Gasteiger partial charge >= 0.3 is 0 Å². The quantitative estimate of drug-likeness (QED) is 0.774. The number of likely N-dealkylation sites (tertiary alicyclic amines) is 1. The third-order valence-electron chi connectivity index (χ3n) is 4.40. The van der Waals surface area contributed by atoms with Gasteiger partial charge in [-0.05, 0) is 57.9 Å². The second-order valence-electron chi connectivity index (χ2n) is 6.82. The molecule has 0 N–H and O–H groups in total. The van der Waals surface area contributed by atoms with Crippen LogP contribution in [0.1, 0.15) is 39.2 Å². The summed E-state index contributed by atoms with van der Waals surface area (Å²) in [6.07, 6.45) is 1.70. The number of carbonyl (C=O) groups is 1. The van der Waals surface area contributed by atoms with E-state index in [9.17, 15) is 4.79 Å². The van der Waals surface area contributed by atoms with Crippen molar-refractivity contribution in [3.63, 3.8) is 0 Å². The number of nitrogens with zero attached hydrogens (tertiary/aromatic N) is 2. The largest absolute Gasteiger partial charge is 0.494 e. The van der Waals surface area contributed by atoms with Crippen molar-refractivity contribution in [3.8, 4) is 5.75 Å². The molecule has 1 unspecified atom stereocenters. The Morgan fingerprint density at radius 1 is 1.39 bits per heavy atom. The van der Waals surface area contributed by atoms with Gasteiger partial charge in [0.1, 0.15) is 5.75 Å². The highest BCUT2D eigenvalue weighted by atomic mass is 16.5. The monoisotopic (exact) mass is 318 g/mol. The molecule has 1 atom stereocenters. The summed E-state index contributed by atoms with van der Waals surface area (Å²) in [6, 6.07) is 8.61. The predicted octanol–water partition coefficient (Wildman–Crippen LogP) is 3.16. The van der Waals surface area contributed by atoms with Crippen molar-refractivity contribution in [1.82, 2.24) is 9.80 Å². The molecule has 1 amide bonds. The van der Waals surface area contributed by atoms with Gasteiger partial charge in [0.15, 0.2) is 0 Å². The third-order valence-corrected chi connectivity index (χ3v) is 4.40. The zero-order chi connectivity index (χ0) is 16.8. The van der Waals surface area contributed by atoms with E-state index >= 15 is 0 Å². The minimum Gasteiger partial charge on any atom is -0.494 e. The summed E-state index contributed by atoms with van der Waals surface area (Å²) in [6.45, 7) is 9.72. The van der Waals surface area contributed by atoms with Crippen LogP contribution in [0.4, 0.5) is 0 Å². The van der Waals surface area contributed by atoms with Gasteiger partial charge in [-0.15, -0.1) is 0 Å². The van der Waals surface area contributed by atoms with Gasteiger partial charge in [0.25, 0.3) is 0 Å². The molecule has 23 heavy (non-hydrogen) atoms. The summed E-state index contributed by atoms with van der Waals surface area (Å²) in [4.78, 5) is 16.3. The molecule has 4 heteroatoms. The molecule has 0 radical (unpaired) electrons. The number of carbonyl (C=O) groups excluding carboxylic acids is 1. The molecule has 0 aromatic heterocycles. The van der Waals surface area contributed by atoms with Crippen LogP contribution >= 0.6 is 0 Å². The Balaban J connectivity index is 1.88. The van der Waals surface area contributed by atoms with E-state index in [4.69, 9.17) is 4.74 Å². The standard InChI is InChI=1S/C19H30N2O2/c1-5-23-18-8-6-7-16(11-18)12-20(4)13-17-9-10-19(22)21(14-17)15(2)3/h6-8,11,15,17H,5,9-10,12-14H2,1-4H3. The lowest BCUT2D eigenvalue weighted by Crippen LogP contribution is -2.46. The van der Waals surface area contributed by atoms with Crippen LogP contribution in [-0.4, -0.2) is 48.5 Å². The van der Waals surface area contributed by atoms with Gasteiger partial charge < -0.3 is 14.5 Å². The van der Waals surface area contributed by atoms with E-state index in [1.165, 1.54) is 5.56 Å². The average molecular weight is 318 g/mol. The van der Waals surface area contributed by atoms with E-state index in [2.05, 4.69) is 37.9 Å². The molecule has 0 saturated carbocycles. The minimum absolute atomic E-state index is 0.304. The topological polar surface area (TPSA) is 32.8 Å². The van der Waals surface area contributed by atoms with Crippen LogP contribution < -0.4 is 4.74 Å². The number of piperidine rings is 1. The summed E-state index contributed by atoms with van der Waals surface area (Å²) in [5, 5.41) is 0. The molecule has 4 nitrogen and oxygen atoms in total. The number of amides is 1. The zero-order valence-corrected chi connectivity index (χ0v) is 14.9. The Morgan fingerprint density at radius 2 is 2.17 bits per heavy atom. The van der Waals surface area contributed by atoms with Gasteiger partial charge in [0, 0.05) is 32.1 Å². The molecule has 1 saturated heterocycles. The van der Waals surface area contributed by atoms with E-state index in [1.807, 2.05) is 24.0 Å². The number of rotatable bonds is 7. The highest BCUT2D eigenvalue weighted by Gasteiger charge is 2.27. The minimum atomic E-state index is 0.304. The highest BCUT2D eigenvalue weighted by molar-refractivity contribution is 5.77. The smallest absolute Gasteiger partial charge is 0.222 e. The van der Waals surface area contributed by atoms with E-state index < -0.39 is 0 Å². The Labute approximate surface area is 140 Å². The van der Waals surface area contributed by atoms with Gasteiger partial charge in [-0.3, -0.25) is 4.79 Å². The summed E-state index contributed by atoms with van der Waals surface area (Å²) < 4.78 is 5.57. The van der Waals surface area contributed by atoms with Crippen molar-refractivity contribution < 1.29 is 9.53 Å². The molecular weight excluding hydrogens is 288 g/mol. The van der Waals surface area contributed by atoms with E-state index in [1.54, 1.807) is 0 Å². The van der Waals surface area contributed by atoms with Gasteiger partial charge in [-0.2, -0.15) is 0 Å². The molecular formula is C19H30N2O2. The summed E-state index contributed by atoms with van der Waals surface area (Å²) in [5.74, 6) is 1.81. The van der Waals surface area contributed by atoms with Gasteiger partial charge in [0.2, 0.25) is 5.91 Å². The average Bonchev–Trinajstić information content (AvgIpc) is 2.49. The first-order valence-electron chi connectivity index (χ1n) is 8.69. The van der Waals surface area contributed by atoms with Crippen LogP contribution in [0.3, 0.4) is 0 Å². The molecule has 1 aliphatic rings. The zero-order valence-electron chi connectivity index (χ0n) is 14.9. The molecule has 1 fully saturated rings. The lowest BCUT2D eigenvalue weighted by Gasteiger charge is -2.37. The van der Waals surface area contributed by atoms with Crippen molar-refractivity contribution >= 4 is 5.91 Å². The molecule has 1 aliphatic heterocycles. The van der Waals surface area contributed by atoms with Gasteiger partial charge in [0.05, 0.1) is 6.61 Å². The Bertz CT molecular complexity index is 516. The maximum atomic E-state index is 12.0. The first-order chi connectivity index (χ1) is 11.0. The van der Waals surface area contributed by atoms with Gasteiger partial charge in [-0.1, -0.05) is 12.1 Å². The number of hydrogen-bond donors (Lipinski definition) is 0. The van der Waals surface area contributed by atoms with Crippen LogP contribution in [-0.2, 0) is 11.3 Å². The van der Waals surface area contributed by atoms with Crippen LogP contribution in [0.25, 0.3) is 0 Å². The normalized spacial score (nSPS) is 18.8. The number of ether oxygens (including phenoxy) is 1. The Morgan fingerprint density at radius 3 is 2.87 bits per heavy atom. The van der Waals surface area contributed by atoms with Crippen molar-refractivity contribution in [3.05, 3.63) is 29.8 Å². The maximum absolute atomic E-state index is 12.0. The van der Waals surface area contributed by atoms with E-state index in [0.29, 0.717) is 30.9 Å². The van der Waals surface area contributed by atoms with Crippen LogP contribution in [0.15, 0.2) is 24.3 Å². The predicted molar refractivity (Wildman–Crippen MR) is 93.5 cm³/mol. The fourth-order valence-corrected chi connectivity index (χ4v) is 3.31. The van der Waals surface area contributed by atoms with Crippen LogP contribution in [0.2, 0.25) is 0 Å². The van der Waals surface area contributed by atoms with Crippen molar-refractivity contribution in [2.45, 2.75) is 46.2 Å². The number of benzene rings is 1.